The highest BCUT2D eigenvalue weighted by Crippen LogP contribution is 2.22. The maximum absolute atomic E-state index is 5.46. The fourth-order valence-corrected chi connectivity index (χ4v) is 1.73. The smallest absolute Gasteiger partial charge is 0.198 e. The van der Waals surface area contributed by atoms with Crippen molar-refractivity contribution in [3.05, 3.63) is 29.7 Å². The second-order valence-corrected chi connectivity index (χ2v) is 4.28. The van der Waals surface area contributed by atoms with Crippen molar-refractivity contribution in [3.8, 4) is 11.6 Å². The third kappa shape index (κ3) is 2.70. The van der Waals surface area contributed by atoms with Gasteiger partial charge < -0.3 is 9.73 Å². The van der Waals surface area contributed by atoms with E-state index in [2.05, 4.69) is 29.1 Å². The lowest BCUT2D eigenvalue weighted by atomic mass is 10.2. The quantitative estimate of drug-likeness (QED) is 0.876. The zero-order valence-corrected chi connectivity index (χ0v) is 11.2. The molecule has 0 radical (unpaired) electrons. The van der Waals surface area contributed by atoms with E-state index >= 15 is 0 Å². The lowest BCUT2D eigenvalue weighted by Crippen LogP contribution is -2.05. The summed E-state index contributed by atoms with van der Waals surface area (Å²) in [4.78, 5) is 9.02. The molecule has 0 unspecified atom stereocenters. The third-order valence-corrected chi connectivity index (χ3v) is 2.76. The zero-order valence-electron chi connectivity index (χ0n) is 11.2. The van der Waals surface area contributed by atoms with Gasteiger partial charge in [0.05, 0.1) is 6.26 Å². The van der Waals surface area contributed by atoms with Crippen molar-refractivity contribution >= 4 is 5.82 Å². The highest BCUT2D eigenvalue weighted by atomic mass is 16.3. The van der Waals surface area contributed by atoms with Gasteiger partial charge >= 0.3 is 0 Å². The Morgan fingerprint density at radius 1 is 1.28 bits per heavy atom. The molecule has 1 N–H and O–H groups in total. The van der Waals surface area contributed by atoms with E-state index in [1.165, 1.54) is 0 Å². The van der Waals surface area contributed by atoms with Crippen molar-refractivity contribution in [1.82, 2.24) is 9.97 Å². The molecule has 0 amide bonds. The number of hydrogen-bond donors (Lipinski definition) is 1. The monoisotopic (exact) mass is 245 g/mol. The lowest BCUT2D eigenvalue weighted by Gasteiger charge is -2.07. The summed E-state index contributed by atoms with van der Waals surface area (Å²) in [5.74, 6) is 2.29. The van der Waals surface area contributed by atoms with Crippen molar-refractivity contribution < 1.29 is 4.42 Å². The van der Waals surface area contributed by atoms with Gasteiger partial charge in [0, 0.05) is 18.3 Å². The van der Waals surface area contributed by atoms with Gasteiger partial charge in [-0.05, 0) is 31.4 Å². The average Bonchev–Trinajstić information content (AvgIpc) is 2.82. The van der Waals surface area contributed by atoms with Crippen LogP contribution in [0.1, 0.15) is 31.5 Å². The summed E-state index contributed by atoms with van der Waals surface area (Å²) >= 11 is 0. The Labute approximate surface area is 107 Å². The van der Waals surface area contributed by atoms with Crippen LogP contribution in [0.4, 0.5) is 5.82 Å². The van der Waals surface area contributed by atoms with E-state index in [0.29, 0.717) is 5.82 Å². The number of rotatable bonds is 5. The van der Waals surface area contributed by atoms with Crippen LogP contribution < -0.4 is 5.32 Å². The molecule has 0 aliphatic carbocycles. The van der Waals surface area contributed by atoms with Crippen LogP contribution in [0.25, 0.3) is 11.6 Å². The summed E-state index contributed by atoms with van der Waals surface area (Å²) in [5.41, 5.74) is 2.08. The minimum absolute atomic E-state index is 0.662. The van der Waals surface area contributed by atoms with Crippen LogP contribution in [-0.4, -0.2) is 16.5 Å². The molecule has 4 heteroatoms. The molecule has 0 aromatic carbocycles. The Morgan fingerprint density at radius 3 is 2.72 bits per heavy atom. The first-order valence-corrected chi connectivity index (χ1v) is 6.40. The molecule has 4 nitrogen and oxygen atoms in total. The van der Waals surface area contributed by atoms with Gasteiger partial charge in [0.1, 0.15) is 5.82 Å². The van der Waals surface area contributed by atoms with E-state index in [9.17, 15) is 0 Å². The Morgan fingerprint density at radius 2 is 2.11 bits per heavy atom. The molecule has 2 rings (SSSR count). The molecule has 18 heavy (non-hydrogen) atoms. The lowest BCUT2D eigenvalue weighted by molar-refractivity contribution is 0.575. The van der Waals surface area contributed by atoms with E-state index in [-0.39, 0.29) is 0 Å². The van der Waals surface area contributed by atoms with Crippen molar-refractivity contribution in [1.29, 1.82) is 0 Å². The molecular weight excluding hydrogens is 226 g/mol. The fraction of sp³-hybridized carbons (Fsp3) is 0.429. The number of aromatic nitrogens is 2. The second-order valence-electron chi connectivity index (χ2n) is 4.28. The molecule has 0 fully saturated rings. The minimum Gasteiger partial charge on any atom is -0.461 e. The largest absolute Gasteiger partial charge is 0.461 e. The molecule has 0 saturated heterocycles. The number of nitrogens with zero attached hydrogens (tertiary/aromatic N) is 2. The Hall–Kier alpha value is -1.84. The minimum atomic E-state index is 0.662. The van der Waals surface area contributed by atoms with Crippen molar-refractivity contribution in [2.24, 2.45) is 0 Å². The van der Waals surface area contributed by atoms with Gasteiger partial charge in [-0.1, -0.05) is 13.8 Å². The molecule has 96 valence electrons. The van der Waals surface area contributed by atoms with Crippen molar-refractivity contribution in [2.45, 2.75) is 33.6 Å². The standard InChI is InChI=1S/C14H19N3O/c1-4-7-15-12-9-11(5-2)16-14(17-12)13-10(3)6-8-18-13/h6,8-9H,4-5,7H2,1-3H3,(H,15,16,17). The molecule has 0 aliphatic heterocycles. The summed E-state index contributed by atoms with van der Waals surface area (Å²) in [6.07, 6.45) is 3.63. The summed E-state index contributed by atoms with van der Waals surface area (Å²) < 4.78 is 5.46. The molecule has 0 bridgehead atoms. The van der Waals surface area contributed by atoms with Crippen LogP contribution in [0.5, 0.6) is 0 Å². The molecule has 2 aromatic heterocycles. The van der Waals surface area contributed by atoms with Gasteiger partial charge in [-0.25, -0.2) is 9.97 Å². The van der Waals surface area contributed by atoms with E-state index in [1.54, 1.807) is 6.26 Å². The average molecular weight is 245 g/mol. The number of anilines is 1. The van der Waals surface area contributed by atoms with Gasteiger partial charge in [-0.2, -0.15) is 0 Å². The van der Waals surface area contributed by atoms with Gasteiger partial charge in [-0.3, -0.25) is 0 Å². The molecular formula is C14H19N3O. The Kier molecular flexibility index (Phi) is 3.97. The maximum Gasteiger partial charge on any atom is 0.198 e. The summed E-state index contributed by atoms with van der Waals surface area (Å²) in [6, 6.07) is 3.92. The van der Waals surface area contributed by atoms with Gasteiger partial charge in [0.15, 0.2) is 11.6 Å². The predicted octanol–water partition coefficient (Wildman–Crippen LogP) is 3.43. The van der Waals surface area contributed by atoms with E-state index in [1.807, 2.05) is 19.1 Å². The Balaban J connectivity index is 2.38. The number of hydrogen-bond acceptors (Lipinski definition) is 4. The first-order chi connectivity index (χ1) is 8.74. The molecule has 0 spiro atoms. The summed E-state index contributed by atoms with van der Waals surface area (Å²) in [7, 11) is 0. The molecule has 0 aliphatic rings. The molecule has 0 atom stereocenters. The van der Waals surface area contributed by atoms with E-state index < -0.39 is 0 Å². The first-order valence-electron chi connectivity index (χ1n) is 6.40. The van der Waals surface area contributed by atoms with Crippen molar-refractivity contribution in [3.63, 3.8) is 0 Å². The van der Waals surface area contributed by atoms with Crippen LogP contribution in [0.2, 0.25) is 0 Å². The van der Waals surface area contributed by atoms with Crippen LogP contribution in [0.15, 0.2) is 22.8 Å². The normalized spacial score (nSPS) is 10.6. The van der Waals surface area contributed by atoms with E-state index in [4.69, 9.17) is 4.42 Å². The SMILES string of the molecule is CCCNc1cc(CC)nc(-c2occc2C)n1. The number of nitrogens with one attached hydrogen (secondary N) is 1. The van der Waals surface area contributed by atoms with Gasteiger partial charge in [0.2, 0.25) is 0 Å². The van der Waals surface area contributed by atoms with Crippen LogP contribution >= 0.6 is 0 Å². The van der Waals surface area contributed by atoms with Crippen LogP contribution in [0.3, 0.4) is 0 Å². The molecule has 0 saturated carbocycles. The topological polar surface area (TPSA) is 51.0 Å². The van der Waals surface area contributed by atoms with Crippen LogP contribution in [0, 0.1) is 6.92 Å². The second kappa shape index (κ2) is 5.67. The molecule has 2 heterocycles. The maximum atomic E-state index is 5.46. The van der Waals surface area contributed by atoms with E-state index in [0.717, 1.165) is 42.2 Å². The summed E-state index contributed by atoms with van der Waals surface area (Å²) in [6.45, 7) is 7.13. The number of furan rings is 1. The van der Waals surface area contributed by atoms with Crippen molar-refractivity contribution in [2.75, 3.05) is 11.9 Å². The first kappa shape index (κ1) is 12.6. The summed E-state index contributed by atoms with van der Waals surface area (Å²) in [5, 5.41) is 3.30. The number of aryl methyl sites for hydroxylation is 2. The highest BCUT2D eigenvalue weighted by molar-refractivity contribution is 5.55. The van der Waals surface area contributed by atoms with Gasteiger partial charge in [-0.15, -0.1) is 0 Å². The molecule has 2 aromatic rings. The highest BCUT2D eigenvalue weighted by Gasteiger charge is 2.11. The van der Waals surface area contributed by atoms with Gasteiger partial charge in [0.25, 0.3) is 0 Å². The predicted molar refractivity (Wildman–Crippen MR) is 72.6 cm³/mol. The Bertz CT molecular complexity index is 520. The third-order valence-electron chi connectivity index (χ3n) is 2.76. The fourth-order valence-electron chi connectivity index (χ4n) is 1.73. The van der Waals surface area contributed by atoms with Crippen LogP contribution in [-0.2, 0) is 6.42 Å². The zero-order chi connectivity index (χ0) is 13.0.